The van der Waals surface area contributed by atoms with Gasteiger partial charge in [0.15, 0.2) is 0 Å². The molecule has 9 heteroatoms. The van der Waals surface area contributed by atoms with Crippen molar-refractivity contribution >= 4 is 50.2 Å². The predicted molar refractivity (Wildman–Crippen MR) is 118 cm³/mol. The van der Waals surface area contributed by atoms with Gasteiger partial charge in [-0.3, -0.25) is 9.40 Å². The van der Waals surface area contributed by atoms with Gasteiger partial charge in [0.1, 0.15) is 10.6 Å². The number of hydrogen-bond acceptors (Lipinski definition) is 4. The molecule has 0 amide bonds. The minimum atomic E-state index is -3.93. The van der Waals surface area contributed by atoms with E-state index in [4.69, 9.17) is 23.2 Å². The monoisotopic (exact) mass is 463 g/mol. The number of hydrogen-bond donors (Lipinski definition) is 1. The summed E-state index contributed by atoms with van der Waals surface area (Å²) >= 11 is 13.5. The van der Waals surface area contributed by atoms with Crippen LogP contribution in [-0.2, 0) is 16.6 Å². The Kier molecular flexibility index (Phi) is 5.65. The first-order valence-corrected chi connectivity index (χ1v) is 11.7. The molecule has 29 heavy (non-hydrogen) atoms. The summed E-state index contributed by atoms with van der Waals surface area (Å²) in [5, 5.41) is 7.07. The molecule has 0 atom stereocenters. The van der Waals surface area contributed by atoms with Gasteiger partial charge < -0.3 is 0 Å². The molecule has 0 spiro atoms. The van der Waals surface area contributed by atoms with E-state index in [-0.39, 0.29) is 15.6 Å². The third-order valence-corrected chi connectivity index (χ3v) is 6.93. The van der Waals surface area contributed by atoms with Crippen LogP contribution in [0.25, 0.3) is 10.6 Å². The second-order valence-electron chi connectivity index (χ2n) is 6.23. The Hall–Kier alpha value is -2.32. The van der Waals surface area contributed by atoms with Crippen LogP contribution in [0.5, 0.6) is 0 Å². The van der Waals surface area contributed by atoms with Crippen LogP contribution >= 0.6 is 34.5 Å². The summed E-state index contributed by atoms with van der Waals surface area (Å²) in [7, 11) is -3.93. The number of halogens is 2. The first-order valence-electron chi connectivity index (χ1n) is 8.55. The highest BCUT2D eigenvalue weighted by Crippen LogP contribution is 2.33. The maximum absolute atomic E-state index is 13.2. The number of nitrogens with one attached hydrogen (secondary N) is 1. The lowest BCUT2D eigenvalue weighted by Gasteiger charge is -2.09. The summed E-state index contributed by atoms with van der Waals surface area (Å²) in [6.45, 7) is 0.455. The van der Waals surface area contributed by atoms with Gasteiger partial charge in [0.05, 0.1) is 22.1 Å². The molecule has 4 rings (SSSR count). The Morgan fingerprint density at radius 2 is 1.83 bits per heavy atom. The molecule has 0 fully saturated rings. The maximum Gasteiger partial charge on any atom is 0.265 e. The van der Waals surface area contributed by atoms with E-state index in [1.165, 1.54) is 29.7 Å². The fraction of sp³-hybridized carbons (Fsp3) is 0.0500. The first-order chi connectivity index (χ1) is 13.9. The summed E-state index contributed by atoms with van der Waals surface area (Å²) in [5.41, 5.74) is 1.67. The second kappa shape index (κ2) is 8.20. The van der Waals surface area contributed by atoms with Crippen molar-refractivity contribution in [3.05, 3.63) is 87.8 Å². The molecule has 148 valence electrons. The molecule has 0 aliphatic heterocycles. The summed E-state index contributed by atoms with van der Waals surface area (Å²) in [5.74, 6) is 0. The Morgan fingerprint density at radius 3 is 2.52 bits per heavy atom. The first kappa shape index (κ1) is 20.0. The fourth-order valence-electron chi connectivity index (χ4n) is 2.81. The van der Waals surface area contributed by atoms with Gasteiger partial charge in [0, 0.05) is 11.2 Å². The Morgan fingerprint density at radius 1 is 1.03 bits per heavy atom. The largest absolute Gasteiger partial charge is 0.278 e. The second-order valence-corrected chi connectivity index (χ2v) is 9.67. The van der Waals surface area contributed by atoms with E-state index < -0.39 is 10.0 Å². The van der Waals surface area contributed by atoms with E-state index in [1.54, 1.807) is 10.7 Å². The average Bonchev–Trinajstić information content (AvgIpc) is 3.35. The molecular formula is C20H15Cl2N3O2S2. The zero-order valence-electron chi connectivity index (χ0n) is 14.9. The number of benzene rings is 2. The number of aromatic nitrogens is 2. The van der Waals surface area contributed by atoms with E-state index in [9.17, 15) is 8.42 Å². The molecule has 0 saturated carbocycles. The molecule has 1 N–H and O–H groups in total. The van der Waals surface area contributed by atoms with Crippen LogP contribution in [0.4, 0.5) is 5.69 Å². The lowest BCUT2D eigenvalue weighted by molar-refractivity contribution is 0.601. The van der Waals surface area contributed by atoms with Crippen molar-refractivity contribution in [2.45, 2.75) is 11.4 Å². The summed E-state index contributed by atoms with van der Waals surface area (Å²) in [4.78, 5) is 0.848. The SMILES string of the molecule is O=S(=O)(Nc1ccc(Cl)cc1Cl)c1cn(Cc2ccccc2)nc1-c1cccs1. The standard InChI is InChI=1S/C20H15Cl2N3O2S2/c21-15-8-9-17(16(22)11-15)24-29(26,27)19-13-25(12-14-5-2-1-3-6-14)23-20(19)18-7-4-10-28-18/h1-11,13,24H,12H2. The lowest BCUT2D eigenvalue weighted by Crippen LogP contribution is -2.13. The van der Waals surface area contributed by atoms with Crippen LogP contribution in [0.1, 0.15) is 5.56 Å². The fourth-order valence-corrected chi connectivity index (χ4v) is 5.35. The van der Waals surface area contributed by atoms with E-state index in [1.807, 2.05) is 47.8 Å². The van der Waals surface area contributed by atoms with Gasteiger partial charge in [-0.2, -0.15) is 5.10 Å². The molecule has 0 unspecified atom stereocenters. The number of thiophene rings is 1. The topological polar surface area (TPSA) is 64.0 Å². The van der Waals surface area contributed by atoms with Crippen molar-refractivity contribution in [1.82, 2.24) is 9.78 Å². The van der Waals surface area contributed by atoms with Crippen molar-refractivity contribution in [1.29, 1.82) is 0 Å². The van der Waals surface area contributed by atoms with Gasteiger partial charge in [-0.25, -0.2) is 8.42 Å². The third kappa shape index (κ3) is 4.48. The van der Waals surface area contributed by atoms with E-state index in [2.05, 4.69) is 9.82 Å². The zero-order chi connectivity index (χ0) is 20.4. The van der Waals surface area contributed by atoms with Crippen molar-refractivity contribution < 1.29 is 8.42 Å². The van der Waals surface area contributed by atoms with Crippen molar-refractivity contribution in [2.24, 2.45) is 0 Å². The van der Waals surface area contributed by atoms with Gasteiger partial charge in [-0.05, 0) is 35.2 Å². The summed E-state index contributed by atoms with van der Waals surface area (Å²) in [6.07, 6.45) is 1.54. The highest BCUT2D eigenvalue weighted by atomic mass is 35.5. The number of rotatable bonds is 6. The van der Waals surface area contributed by atoms with Crippen LogP contribution in [0, 0.1) is 0 Å². The zero-order valence-corrected chi connectivity index (χ0v) is 18.1. The predicted octanol–water partition coefficient (Wildman–Crippen LogP) is 5.77. The van der Waals surface area contributed by atoms with Crippen LogP contribution < -0.4 is 4.72 Å². The molecule has 0 radical (unpaired) electrons. The van der Waals surface area contributed by atoms with Gasteiger partial charge >= 0.3 is 0 Å². The van der Waals surface area contributed by atoms with E-state index in [0.717, 1.165) is 10.4 Å². The maximum atomic E-state index is 13.2. The van der Waals surface area contributed by atoms with Gasteiger partial charge in [-0.1, -0.05) is 59.6 Å². The summed E-state index contributed by atoms with van der Waals surface area (Å²) in [6, 6.07) is 18.0. The van der Waals surface area contributed by atoms with Crippen LogP contribution in [-0.4, -0.2) is 18.2 Å². The highest BCUT2D eigenvalue weighted by molar-refractivity contribution is 7.92. The number of nitrogens with zero attached hydrogens (tertiary/aromatic N) is 2. The van der Waals surface area contributed by atoms with E-state index in [0.29, 0.717) is 17.3 Å². The summed E-state index contributed by atoms with van der Waals surface area (Å²) < 4.78 is 30.5. The molecule has 0 bridgehead atoms. The van der Waals surface area contributed by atoms with Crippen molar-refractivity contribution in [2.75, 3.05) is 4.72 Å². The van der Waals surface area contributed by atoms with Crippen LogP contribution in [0.2, 0.25) is 10.0 Å². The van der Waals surface area contributed by atoms with Crippen molar-refractivity contribution in [3.8, 4) is 10.6 Å². The molecule has 0 saturated heterocycles. The normalized spacial score (nSPS) is 11.5. The average molecular weight is 464 g/mol. The molecule has 5 nitrogen and oxygen atoms in total. The minimum absolute atomic E-state index is 0.0851. The molecule has 2 heterocycles. The Balaban J connectivity index is 1.74. The highest BCUT2D eigenvalue weighted by Gasteiger charge is 2.25. The lowest BCUT2D eigenvalue weighted by atomic mass is 10.2. The van der Waals surface area contributed by atoms with Gasteiger partial charge in [-0.15, -0.1) is 11.3 Å². The Bertz CT molecular complexity index is 1240. The molecule has 0 aliphatic rings. The third-order valence-electron chi connectivity index (χ3n) is 4.14. The van der Waals surface area contributed by atoms with Crippen LogP contribution in [0.3, 0.4) is 0 Å². The Labute approximate surface area is 182 Å². The van der Waals surface area contributed by atoms with Crippen molar-refractivity contribution in [3.63, 3.8) is 0 Å². The van der Waals surface area contributed by atoms with Gasteiger partial charge in [0.25, 0.3) is 10.0 Å². The van der Waals surface area contributed by atoms with E-state index >= 15 is 0 Å². The van der Waals surface area contributed by atoms with Crippen LogP contribution in [0.15, 0.2) is 77.1 Å². The quantitative estimate of drug-likeness (QED) is 0.394. The number of anilines is 1. The molecular weight excluding hydrogens is 449 g/mol. The minimum Gasteiger partial charge on any atom is -0.278 e. The molecule has 4 aromatic rings. The molecule has 0 aliphatic carbocycles. The molecule has 2 aromatic heterocycles. The molecule has 2 aromatic carbocycles. The smallest absolute Gasteiger partial charge is 0.265 e. The van der Waals surface area contributed by atoms with Gasteiger partial charge in [0.2, 0.25) is 0 Å². The number of sulfonamides is 1.